The highest BCUT2D eigenvalue weighted by atomic mass is 32.2. The van der Waals surface area contributed by atoms with Crippen molar-refractivity contribution >= 4 is 55.0 Å². The SMILES string of the molecule is CC(=O)NS(=O)(=O)N=Nc1ccc(N2CCN(c3ccc(N=NS(=O)(=O)NC(C)=O)cc3)CC2)cc1. The summed E-state index contributed by atoms with van der Waals surface area (Å²) >= 11 is 0. The van der Waals surface area contributed by atoms with Gasteiger partial charge in [0.1, 0.15) is 0 Å². The molecule has 2 amide bonds. The largest absolute Gasteiger partial charge is 0.368 e. The van der Waals surface area contributed by atoms with Crippen molar-refractivity contribution in [2.24, 2.45) is 19.3 Å². The van der Waals surface area contributed by atoms with Crippen LogP contribution in [0.5, 0.6) is 0 Å². The van der Waals surface area contributed by atoms with E-state index in [1.807, 2.05) is 24.3 Å². The molecule has 0 spiro atoms. The fraction of sp³-hybridized carbons (Fsp3) is 0.300. The lowest BCUT2D eigenvalue weighted by Gasteiger charge is -2.37. The highest BCUT2D eigenvalue weighted by Gasteiger charge is 2.18. The molecule has 0 atom stereocenters. The van der Waals surface area contributed by atoms with Gasteiger partial charge in [-0.2, -0.15) is 16.8 Å². The molecular formula is C20H24N8O6S2. The molecule has 192 valence electrons. The van der Waals surface area contributed by atoms with Gasteiger partial charge in [-0.15, -0.1) is 10.2 Å². The van der Waals surface area contributed by atoms with Crippen LogP contribution in [0.4, 0.5) is 22.7 Å². The maximum Gasteiger partial charge on any atom is 0.362 e. The number of anilines is 2. The van der Waals surface area contributed by atoms with Crippen LogP contribution in [-0.2, 0) is 30.0 Å². The van der Waals surface area contributed by atoms with E-state index in [1.165, 1.54) is 0 Å². The molecule has 36 heavy (non-hydrogen) atoms. The Morgan fingerprint density at radius 1 is 0.639 bits per heavy atom. The summed E-state index contributed by atoms with van der Waals surface area (Å²) in [6, 6.07) is 13.8. The van der Waals surface area contributed by atoms with Crippen LogP contribution in [0.1, 0.15) is 13.8 Å². The van der Waals surface area contributed by atoms with E-state index in [0.29, 0.717) is 11.4 Å². The minimum absolute atomic E-state index is 0.327. The molecule has 2 aromatic carbocycles. The van der Waals surface area contributed by atoms with Gasteiger partial charge in [-0.25, -0.2) is 9.44 Å². The number of carbonyl (C=O) groups is 2. The van der Waals surface area contributed by atoms with Crippen LogP contribution < -0.4 is 19.2 Å². The third-order valence-electron chi connectivity index (χ3n) is 4.78. The van der Waals surface area contributed by atoms with Gasteiger partial charge in [-0.1, -0.05) is 0 Å². The second-order valence-corrected chi connectivity index (χ2v) is 10.3. The highest BCUT2D eigenvalue weighted by molar-refractivity contribution is 7.88. The summed E-state index contributed by atoms with van der Waals surface area (Å²) in [5, 5.41) is 7.29. The van der Waals surface area contributed by atoms with Gasteiger partial charge in [0.05, 0.1) is 11.4 Å². The molecule has 0 saturated carbocycles. The van der Waals surface area contributed by atoms with Gasteiger partial charge in [0.15, 0.2) is 0 Å². The maximum absolute atomic E-state index is 11.5. The van der Waals surface area contributed by atoms with Crippen molar-refractivity contribution in [1.29, 1.82) is 0 Å². The monoisotopic (exact) mass is 536 g/mol. The summed E-state index contributed by atoms with van der Waals surface area (Å²) in [7, 11) is -8.34. The average Bonchev–Trinajstić information content (AvgIpc) is 2.81. The van der Waals surface area contributed by atoms with Crippen molar-refractivity contribution in [2.45, 2.75) is 13.8 Å². The number of nitrogens with zero attached hydrogens (tertiary/aromatic N) is 6. The Hall–Kier alpha value is -3.92. The number of hydrogen-bond acceptors (Lipinski definition) is 10. The molecule has 1 fully saturated rings. The molecule has 0 unspecified atom stereocenters. The smallest absolute Gasteiger partial charge is 0.362 e. The number of hydrogen-bond donors (Lipinski definition) is 2. The van der Waals surface area contributed by atoms with Crippen LogP contribution in [-0.4, -0.2) is 54.8 Å². The van der Waals surface area contributed by atoms with Crippen LogP contribution >= 0.6 is 0 Å². The lowest BCUT2D eigenvalue weighted by molar-refractivity contribution is -0.118. The first-order valence-electron chi connectivity index (χ1n) is 10.6. The van der Waals surface area contributed by atoms with E-state index in [4.69, 9.17) is 0 Å². The molecule has 1 aliphatic heterocycles. The molecule has 2 N–H and O–H groups in total. The van der Waals surface area contributed by atoms with E-state index < -0.39 is 32.2 Å². The van der Waals surface area contributed by atoms with E-state index in [-0.39, 0.29) is 0 Å². The lowest BCUT2D eigenvalue weighted by Crippen LogP contribution is -2.46. The molecule has 0 aromatic heterocycles. The standard InChI is InChI=1S/C20H24N8O6S2/c1-15(29)23-35(31,32)25-21-17-3-7-19(8-4-17)27-11-13-28(14-12-27)20-9-5-18(6-10-20)22-26-36(33,34)24-16(2)30/h3-10H,11-14H2,1-2H3,(H,23,29)(H,24,30). The number of piperazine rings is 1. The van der Waals surface area contributed by atoms with Crippen molar-refractivity contribution < 1.29 is 26.4 Å². The van der Waals surface area contributed by atoms with Crippen LogP contribution in [0.25, 0.3) is 0 Å². The Balaban J connectivity index is 1.55. The van der Waals surface area contributed by atoms with Gasteiger partial charge in [-0.3, -0.25) is 9.59 Å². The summed E-state index contributed by atoms with van der Waals surface area (Å²) in [6.45, 7) is 5.05. The molecule has 1 heterocycles. The number of rotatable bonds is 8. The fourth-order valence-electron chi connectivity index (χ4n) is 3.29. The first kappa shape index (κ1) is 26.7. The van der Waals surface area contributed by atoms with Crippen molar-refractivity contribution in [3.63, 3.8) is 0 Å². The molecule has 14 nitrogen and oxygen atoms in total. The van der Waals surface area contributed by atoms with Gasteiger partial charge in [-0.05, 0) is 57.6 Å². The molecule has 16 heteroatoms. The van der Waals surface area contributed by atoms with Crippen LogP contribution in [0, 0.1) is 0 Å². The summed E-state index contributed by atoms with van der Waals surface area (Å²) in [5.74, 6) is -1.50. The van der Waals surface area contributed by atoms with Gasteiger partial charge < -0.3 is 9.80 Å². The van der Waals surface area contributed by atoms with Crippen LogP contribution in [0.3, 0.4) is 0 Å². The van der Waals surface area contributed by atoms with E-state index in [2.05, 4.69) is 29.1 Å². The number of amides is 2. The summed E-state index contributed by atoms with van der Waals surface area (Å²) in [4.78, 5) is 26.1. The number of nitrogens with one attached hydrogen (secondary N) is 2. The van der Waals surface area contributed by atoms with Crippen LogP contribution in [0.15, 0.2) is 67.8 Å². The fourth-order valence-corrected chi connectivity index (χ4v) is 4.50. The van der Waals surface area contributed by atoms with Crippen molar-refractivity contribution in [2.75, 3.05) is 36.0 Å². The lowest BCUT2D eigenvalue weighted by atomic mass is 10.2. The van der Waals surface area contributed by atoms with E-state index in [1.54, 1.807) is 33.7 Å². The molecule has 2 aromatic rings. The van der Waals surface area contributed by atoms with Crippen molar-refractivity contribution in [3.05, 3.63) is 48.5 Å². The Kier molecular flexibility index (Phi) is 8.31. The van der Waals surface area contributed by atoms with Gasteiger partial charge in [0.2, 0.25) is 11.8 Å². The third-order valence-corrected chi connectivity index (χ3v) is 6.47. The minimum Gasteiger partial charge on any atom is -0.368 e. The zero-order valence-electron chi connectivity index (χ0n) is 19.4. The first-order chi connectivity index (χ1) is 16.9. The normalized spacial score (nSPS) is 14.8. The molecule has 1 aliphatic rings. The van der Waals surface area contributed by atoms with Gasteiger partial charge in [0.25, 0.3) is 0 Å². The quantitative estimate of drug-likeness (QED) is 0.480. The highest BCUT2D eigenvalue weighted by Crippen LogP contribution is 2.25. The molecule has 0 aliphatic carbocycles. The Morgan fingerprint density at radius 3 is 1.22 bits per heavy atom. The predicted octanol–water partition coefficient (Wildman–Crippen LogP) is 1.94. The van der Waals surface area contributed by atoms with E-state index >= 15 is 0 Å². The van der Waals surface area contributed by atoms with Crippen molar-refractivity contribution in [1.82, 2.24) is 9.44 Å². The van der Waals surface area contributed by atoms with Crippen LogP contribution in [0.2, 0.25) is 0 Å². The Bertz CT molecular complexity index is 1260. The maximum atomic E-state index is 11.5. The summed E-state index contributed by atoms with van der Waals surface area (Å²) < 4.78 is 56.0. The molecule has 3 rings (SSSR count). The van der Waals surface area contributed by atoms with E-state index in [9.17, 15) is 26.4 Å². The number of carbonyl (C=O) groups excluding carboxylic acids is 2. The Morgan fingerprint density at radius 2 is 0.944 bits per heavy atom. The summed E-state index contributed by atoms with van der Waals surface area (Å²) in [5.41, 5.74) is 2.53. The molecular weight excluding hydrogens is 512 g/mol. The molecule has 0 bridgehead atoms. The third kappa shape index (κ3) is 8.09. The van der Waals surface area contributed by atoms with Gasteiger partial charge in [0, 0.05) is 51.4 Å². The second-order valence-electron chi connectivity index (χ2n) is 7.64. The topological polar surface area (TPSA) is 182 Å². The van der Waals surface area contributed by atoms with Gasteiger partial charge >= 0.3 is 20.4 Å². The zero-order chi connectivity index (χ0) is 26.3. The number of benzene rings is 2. The van der Waals surface area contributed by atoms with Crippen molar-refractivity contribution in [3.8, 4) is 0 Å². The second kappa shape index (κ2) is 11.2. The first-order valence-corrected chi connectivity index (χ1v) is 13.4. The minimum atomic E-state index is -4.17. The predicted molar refractivity (Wildman–Crippen MR) is 132 cm³/mol. The Labute approximate surface area is 208 Å². The average molecular weight is 537 g/mol. The molecule has 1 saturated heterocycles. The summed E-state index contributed by atoms with van der Waals surface area (Å²) in [6.07, 6.45) is 0. The van der Waals surface area contributed by atoms with E-state index in [0.717, 1.165) is 51.4 Å². The zero-order valence-corrected chi connectivity index (χ0v) is 21.0. The molecule has 0 radical (unpaired) electrons.